The van der Waals surface area contributed by atoms with Gasteiger partial charge in [-0.1, -0.05) is 30.3 Å². The summed E-state index contributed by atoms with van der Waals surface area (Å²) in [7, 11) is 1.89. The van der Waals surface area contributed by atoms with Crippen LogP contribution in [-0.2, 0) is 27.2 Å². The van der Waals surface area contributed by atoms with Crippen molar-refractivity contribution in [2.24, 2.45) is 0 Å². The van der Waals surface area contributed by atoms with E-state index in [1.54, 1.807) is 6.26 Å². The number of carbonyl (C=O) groups excluding carboxylic acids is 2. The number of rotatable bonds is 9. The summed E-state index contributed by atoms with van der Waals surface area (Å²) in [6.07, 6.45) is 4.83. The maximum atomic E-state index is 13.4. The lowest BCUT2D eigenvalue weighted by Gasteiger charge is -2.35. The van der Waals surface area contributed by atoms with Crippen LogP contribution < -0.4 is 4.74 Å². The van der Waals surface area contributed by atoms with Crippen LogP contribution in [0.3, 0.4) is 0 Å². The number of hydrogen-bond donors (Lipinski definition) is 0. The Morgan fingerprint density at radius 1 is 1.08 bits per heavy atom. The summed E-state index contributed by atoms with van der Waals surface area (Å²) < 4.78 is 16.7. The lowest BCUT2D eigenvalue weighted by molar-refractivity contribution is -0.157. The molecule has 4 rings (SSSR count). The number of para-hydroxylation sites is 1. The van der Waals surface area contributed by atoms with Gasteiger partial charge >= 0.3 is 5.97 Å². The third-order valence-electron chi connectivity index (χ3n) is 6.40. The molecule has 1 aliphatic rings. The average molecular weight is 493 g/mol. The van der Waals surface area contributed by atoms with Crippen molar-refractivity contribution in [3.05, 3.63) is 65.9 Å². The highest BCUT2D eigenvalue weighted by molar-refractivity contribution is 5.87. The molecular weight excluding hydrogens is 456 g/mol. The van der Waals surface area contributed by atoms with Crippen LogP contribution in [0.2, 0.25) is 0 Å². The molecule has 0 aliphatic carbocycles. The molecule has 2 heterocycles. The Hall–Kier alpha value is -3.32. The van der Waals surface area contributed by atoms with Gasteiger partial charge in [-0.2, -0.15) is 0 Å². The lowest BCUT2D eigenvalue weighted by atomic mass is 10.1. The molecule has 36 heavy (non-hydrogen) atoms. The number of fused-ring (bicyclic) bond motifs is 1. The summed E-state index contributed by atoms with van der Waals surface area (Å²) in [5.74, 6) is 0.258. The van der Waals surface area contributed by atoms with Gasteiger partial charge in [-0.15, -0.1) is 0 Å². The van der Waals surface area contributed by atoms with Crippen molar-refractivity contribution >= 4 is 22.8 Å². The molecule has 7 heteroatoms. The van der Waals surface area contributed by atoms with Crippen molar-refractivity contribution in [1.82, 2.24) is 9.80 Å². The Morgan fingerprint density at radius 2 is 1.83 bits per heavy atom. The zero-order valence-corrected chi connectivity index (χ0v) is 21.7. The van der Waals surface area contributed by atoms with Crippen LogP contribution in [0, 0.1) is 0 Å². The number of amides is 1. The first-order valence-electron chi connectivity index (χ1n) is 12.6. The third-order valence-corrected chi connectivity index (χ3v) is 6.40. The number of likely N-dealkylation sites (N-methyl/N-ethyl adjacent to an activating group) is 1. The van der Waals surface area contributed by atoms with Crippen LogP contribution in [0.5, 0.6) is 5.75 Å². The lowest BCUT2D eigenvalue weighted by Crippen LogP contribution is -2.49. The van der Waals surface area contributed by atoms with Crippen LogP contribution in [-0.4, -0.2) is 60.2 Å². The first-order valence-corrected chi connectivity index (χ1v) is 12.6. The fourth-order valence-corrected chi connectivity index (χ4v) is 4.66. The first-order chi connectivity index (χ1) is 17.2. The fourth-order valence-electron chi connectivity index (χ4n) is 4.66. The van der Waals surface area contributed by atoms with E-state index in [1.165, 1.54) is 0 Å². The van der Waals surface area contributed by atoms with E-state index in [9.17, 15) is 9.59 Å². The minimum absolute atomic E-state index is 0.0517. The van der Waals surface area contributed by atoms with E-state index < -0.39 is 11.6 Å². The van der Waals surface area contributed by atoms with Crippen LogP contribution in [0.15, 0.2) is 59.2 Å². The standard InChI is InChI=1S/C29H36N2O5/c1-29(2,3)36-28(33)20-34-23-11-9-10-21(16-23)17-26(31-14-7-8-15-31)30(4)27(32)18-22-19-35-25-13-6-5-12-24(22)25/h5-6,9-13,16,19,26H,7-8,14-15,17-18,20H2,1-4H3. The number of furan rings is 1. The molecule has 1 saturated heterocycles. The molecule has 0 spiro atoms. The van der Waals surface area contributed by atoms with Gasteiger partial charge in [0.15, 0.2) is 6.61 Å². The normalized spacial score (nSPS) is 15.1. The number of esters is 1. The number of hydrogen-bond acceptors (Lipinski definition) is 6. The molecule has 7 nitrogen and oxygen atoms in total. The van der Waals surface area contributed by atoms with Gasteiger partial charge in [0, 0.05) is 37.5 Å². The minimum atomic E-state index is -0.550. The quantitative estimate of drug-likeness (QED) is 0.399. The molecule has 0 bridgehead atoms. The topological polar surface area (TPSA) is 72.2 Å². The van der Waals surface area contributed by atoms with Gasteiger partial charge in [0.05, 0.1) is 18.8 Å². The number of ether oxygens (including phenoxy) is 2. The van der Waals surface area contributed by atoms with E-state index in [2.05, 4.69) is 4.90 Å². The summed E-state index contributed by atoms with van der Waals surface area (Å²) in [6.45, 7) is 7.27. The molecule has 1 unspecified atom stereocenters. The number of likely N-dealkylation sites (tertiary alicyclic amines) is 1. The Balaban J connectivity index is 1.44. The molecule has 0 radical (unpaired) electrons. The van der Waals surface area contributed by atoms with Crippen LogP contribution in [0.25, 0.3) is 11.0 Å². The van der Waals surface area contributed by atoms with Gasteiger partial charge in [-0.3, -0.25) is 9.69 Å². The van der Waals surface area contributed by atoms with Crippen molar-refractivity contribution < 1.29 is 23.5 Å². The molecule has 1 aromatic heterocycles. The highest BCUT2D eigenvalue weighted by Gasteiger charge is 2.29. The van der Waals surface area contributed by atoms with Gasteiger partial charge < -0.3 is 18.8 Å². The molecule has 1 fully saturated rings. The Bertz CT molecular complexity index is 1190. The van der Waals surface area contributed by atoms with Crippen molar-refractivity contribution in [3.8, 4) is 5.75 Å². The van der Waals surface area contributed by atoms with Crippen molar-refractivity contribution in [2.75, 3.05) is 26.7 Å². The second-order valence-corrected chi connectivity index (χ2v) is 10.4. The van der Waals surface area contributed by atoms with E-state index in [4.69, 9.17) is 13.9 Å². The van der Waals surface area contributed by atoms with E-state index in [0.29, 0.717) is 12.2 Å². The molecule has 192 valence electrons. The summed E-state index contributed by atoms with van der Waals surface area (Å²) >= 11 is 0. The molecule has 0 N–H and O–H groups in total. The number of carbonyl (C=O) groups is 2. The van der Waals surface area contributed by atoms with Crippen LogP contribution in [0.1, 0.15) is 44.7 Å². The second-order valence-electron chi connectivity index (χ2n) is 10.4. The van der Waals surface area contributed by atoms with E-state index in [-0.39, 0.29) is 25.1 Å². The van der Waals surface area contributed by atoms with Gasteiger partial charge in [0.1, 0.15) is 16.9 Å². The average Bonchev–Trinajstić information content (AvgIpc) is 3.51. The Labute approximate surface area is 213 Å². The van der Waals surface area contributed by atoms with E-state index in [1.807, 2.05) is 81.2 Å². The van der Waals surface area contributed by atoms with Crippen LogP contribution in [0.4, 0.5) is 0 Å². The number of benzene rings is 2. The summed E-state index contributed by atoms with van der Waals surface area (Å²) in [5.41, 5.74) is 2.19. The van der Waals surface area contributed by atoms with Crippen molar-refractivity contribution in [1.29, 1.82) is 0 Å². The zero-order chi connectivity index (χ0) is 25.7. The fraction of sp³-hybridized carbons (Fsp3) is 0.448. The minimum Gasteiger partial charge on any atom is -0.482 e. The molecule has 1 aliphatic heterocycles. The monoisotopic (exact) mass is 492 g/mol. The maximum Gasteiger partial charge on any atom is 0.344 e. The summed E-state index contributed by atoms with van der Waals surface area (Å²) in [6, 6.07) is 15.5. The Morgan fingerprint density at radius 3 is 2.58 bits per heavy atom. The highest BCUT2D eigenvalue weighted by Crippen LogP contribution is 2.24. The predicted octanol–water partition coefficient (Wildman–Crippen LogP) is 4.82. The summed E-state index contributed by atoms with van der Waals surface area (Å²) in [5, 5.41) is 0.979. The molecular formula is C29H36N2O5. The van der Waals surface area contributed by atoms with E-state index >= 15 is 0 Å². The maximum absolute atomic E-state index is 13.4. The first kappa shape index (κ1) is 25.8. The second kappa shape index (κ2) is 11.2. The largest absolute Gasteiger partial charge is 0.482 e. The smallest absolute Gasteiger partial charge is 0.344 e. The zero-order valence-electron chi connectivity index (χ0n) is 21.7. The molecule has 1 amide bonds. The number of nitrogens with zero attached hydrogens (tertiary/aromatic N) is 2. The molecule has 0 saturated carbocycles. The predicted molar refractivity (Wildman–Crippen MR) is 139 cm³/mol. The Kier molecular flexibility index (Phi) is 7.99. The van der Waals surface area contributed by atoms with Gasteiger partial charge in [0.2, 0.25) is 5.91 Å². The molecule has 1 atom stereocenters. The van der Waals surface area contributed by atoms with Crippen molar-refractivity contribution in [2.45, 2.75) is 58.2 Å². The van der Waals surface area contributed by atoms with Gasteiger partial charge in [0.25, 0.3) is 0 Å². The van der Waals surface area contributed by atoms with Crippen molar-refractivity contribution in [3.63, 3.8) is 0 Å². The molecule has 3 aromatic rings. The molecule has 2 aromatic carbocycles. The van der Waals surface area contributed by atoms with Gasteiger partial charge in [-0.25, -0.2) is 4.79 Å². The highest BCUT2D eigenvalue weighted by atomic mass is 16.6. The summed E-state index contributed by atoms with van der Waals surface area (Å²) in [4.78, 5) is 29.7. The van der Waals surface area contributed by atoms with E-state index in [0.717, 1.165) is 48.0 Å². The SMILES string of the molecule is CN(C(=O)Cc1coc2ccccc12)C(Cc1cccc(OCC(=O)OC(C)(C)C)c1)N1CCCC1. The van der Waals surface area contributed by atoms with Crippen LogP contribution >= 0.6 is 0 Å². The third kappa shape index (κ3) is 6.66. The van der Waals surface area contributed by atoms with Gasteiger partial charge in [-0.05, 0) is 57.4 Å².